The van der Waals surface area contributed by atoms with Crippen LogP contribution in [0.1, 0.15) is 58.9 Å². The number of carbonyl (C=O) groups excluding carboxylic acids is 2. The minimum absolute atomic E-state index is 0.149. The molecule has 0 radical (unpaired) electrons. The Morgan fingerprint density at radius 1 is 1.21 bits per heavy atom. The fourth-order valence-electron chi connectivity index (χ4n) is 2.77. The van der Waals surface area contributed by atoms with E-state index in [4.69, 9.17) is 9.26 Å². The number of thiophene rings is 1. The Bertz CT molecular complexity index is 1030. The minimum Gasteiger partial charge on any atom is -0.452 e. The minimum atomic E-state index is -0.545. The van der Waals surface area contributed by atoms with Crippen LogP contribution in [-0.4, -0.2) is 22.0 Å². The van der Waals surface area contributed by atoms with Crippen LogP contribution in [0.25, 0.3) is 11.4 Å². The fourth-order valence-corrected chi connectivity index (χ4v) is 3.86. The van der Waals surface area contributed by atoms with E-state index in [1.165, 1.54) is 23.8 Å². The van der Waals surface area contributed by atoms with Crippen molar-refractivity contribution in [1.29, 1.82) is 0 Å². The van der Waals surface area contributed by atoms with Crippen LogP contribution in [0.2, 0.25) is 0 Å². The van der Waals surface area contributed by atoms with Crippen LogP contribution in [0.15, 0.2) is 28.8 Å². The Morgan fingerprint density at radius 2 is 1.90 bits per heavy atom. The van der Waals surface area contributed by atoms with Gasteiger partial charge in [-0.2, -0.15) is 4.98 Å². The molecule has 29 heavy (non-hydrogen) atoms. The second-order valence-corrected chi connectivity index (χ2v) is 8.26. The molecule has 0 aliphatic heterocycles. The van der Waals surface area contributed by atoms with Crippen molar-refractivity contribution in [3.05, 3.63) is 51.7 Å². The molecular formula is C21H23N3O4S. The number of nitrogens with one attached hydrogen (secondary N) is 1. The summed E-state index contributed by atoms with van der Waals surface area (Å²) in [5, 5.41) is 7.12. The maximum Gasteiger partial charge on any atom is 0.341 e. The summed E-state index contributed by atoms with van der Waals surface area (Å²) in [6, 6.07) is 7.93. The highest BCUT2D eigenvalue weighted by Crippen LogP contribution is 2.33. The Balaban J connectivity index is 1.70. The zero-order chi connectivity index (χ0) is 21.1. The third-order valence-corrected chi connectivity index (χ3v) is 5.63. The second kappa shape index (κ2) is 8.57. The van der Waals surface area contributed by atoms with E-state index in [1.54, 1.807) is 0 Å². The predicted molar refractivity (Wildman–Crippen MR) is 111 cm³/mol. The van der Waals surface area contributed by atoms with Crippen molar-refractivity contribution in [3.8, 4) is 11.4 Å². The van der Waals surface area contributed by atoms with E-state index in [1.807, 2.05) is 38.1 Å². The van der Waals surface area contributed by atoms with Crippen molar-refractivity contribution in [1.82, 2.24) is 10.1 Å². The van der Waals surface area contributed by atoms with Crippen molar-refractivity contribution in [3.63, 3.8) is 0 Å². The number of nitrogens with zero attached hydrogens (tertiary/aromatic N) is 2. The number of anilines is 1. The predicted octanol–water partition coefficient (Wildman–Crippen LogP) is 4.85. The molecule has 1 N–H and O–H groups in total. The Kier molecular flexibility index (Phi) is 6.12. The first-order valence-electron chi connectivity index (χ1n) is 9.24. The fraction of sp³-hybridized carbons (Fsp3) is 0.333. The third-order valence-electron chi connectivity index (χ3n) is 4.51. The molecule has 3 aromatic rings. The maximum absolute atomic E-state index is 12.6. The summed E-state index contributed by atoms with van der Waals surface area (Å²) in [6.45, 7) is 9.21. The highest BCUT2D eigenvalue weighted by Gasteiger charge is 2.22. The van der Waals surface area contributed by atoms with Crippen LogP contribution in [-0.2, 0) is 16.1 Å². The lowest BCUT2D eigenvalue weighted by Crippen LogP contribution is -2.12. The topological polar surface area (TPSA) is 94.3 Å². The van der Waals surface area contributed by atoms with E-state index < -0.39 is 5.97 Å². The monoisotopic (exact) mass is 413 g/mol. The summed E-state index contributed by atoms with van der Waals surface area (Å²) in [5.41, 5.74) is 3.18. The number of carbonyl (C=O) groups is 2. The van der Waals surface area contributed by atoms with Crippen LogP contribution in [0.3, 0.4) is 0 Å². The normalized spacial score (nSPS) is 11.0. The first-order valence-corrected chi connectivity index (χ1v) is 10.1. The first kappa shape index (κ1) is 20.7. The van der Waals surface area contributed by atoms with Gasteiger partial charge in [0.05, 0.1) is 5.56 Å². The SMILES string of the molecule is CC(=O)Nc1sc(C)c(C)c1C(=O)OCc1nc(-c2ccc(C(C)C)cc2)no1. The lowest BCUT2D eigenvalue weighted by molar-refractivity contribution is -0.114. The average Bonchev–Trinajstić information content (AvgIpc) is 3.24. The van der Waals surface area contributed by atoms with E-state index >= 15 is 0 Å². The van der Waals surface area contributed by atoms with Gasteiger partial charge in [0, 0.05) is 17.4 Å². The molecule has 0 saturated heterocycles. The van der Waals surface area contributed by atoms with Gasteiger partial charge >= 0.3 is 5.97 Å². The lowest BCUT2D eigenvalue weighted by Gasteiger charge is -2.05. The van der Waals surface area contributed by atoms with Gasteiger partial charge in [0.25, 0.3) is 5.89 Å². The summed E-state index contributed by atoms with van der Waals surface area (Å²) in [6.07, 6.45) is 0. The van der Waals surface area contributed by atoms with E-state index in [2.05, 4.69) is 29.3 Å². The largest absolute Gasteiger partial charge is 0.452 e. The number of aryl methyl sites for hydroxylation is 1. The zero-order valence-electron chi connectivity index (χ0n) is 17.0. The lowest BCUT2D eigenvalue weighted by atomic mass is 10.0. The van der Waals surface area contributed by atoms with E-state index in [0.29, 0.717) is 22.3 Å². The Labute approximate surface area is 173 Å². The summed E-state index contributed by atoms with van der Waals surface area (Å²) < 4.78 is 10.6. The van der Waals surface area contributed by atoms with Gasteiger partial charge in [-0.15, -0.1) is 11.3 Å². The molecule has 8 heteroatoms. The van der Waals surface area contributed by atoms with Crippen LogP contribution < -0.4 is 5.32 Å². The highest BCUT2D eigenvalue weighted by atomic mass is 32.1. The maximum atomic E-state index is 12.6. The van der Waals surface area contributed by atoms with Crippen LogP contribution in [0, 0.1) is 13.8 Å². The van der Waals surface area contributed by atoms with E-state index in [0.717, 1.165) is 16.0 Å². The van der Waals surface area contributed by atoms with Crippen LogP contribution in [0.4, 0.5) is 5.00 Å². The van der Waals surface area contributed by atoms with E-state index in [-0.39, 0.29) is 18.4 Å². The number of hydrogen-bond donors (Lipinski definition) is 1. The summed E-state index contributed by atoms with van der Waals surface area (Å²) in [4.78, 5) is 29.2. The van der Waals surface area contributed by atoms with Gasteiger partial charge in [-0.05, 0) is 30.9 Å². The van der Waals surface area contributed by atoms with Gasteiger partial charge in [0.15, 0.2) is 6.61 Å². The second-order valence-electron chi connectivity index (χ2n) is 7.03. The van der Waals surface area contributed by atoms with Gasteiger partial charge < -0.3 is 14.6 Å². The summed E-state index contributed by atoms with van der Waals surface area (Å²) in [5.74, 6) is 0.289. The molecule has 0 saturated carbocycles. The van der Waals surface area contributed by atoms with Gasteiger partial charge in [-0.1, -0.05) is 43.3 Å². The van der Waals surface area contributed by atoms with Gasteiger partial charge in [-0.3, -0.25) is 4.79 Å². The van der Waals surface area contributed by atoms with Gasteiger partial charge in [-0.25, -0.2) is 4.79 Å². The van der Waals surface area contributed by atoms with Crippen molar-refractivity contribution in [2.24, 2.45) is 0 Å². The average molecular weight is 413 g/mol. The number of benzene rings is 1. The molecule has 2 aromatic heterocycles. The van der Waals surface area contributed by atoms with Crippen LogP contribution >= 0.6 is 11.3 Å². The standard InChI is InChI=1S/C21H23N3O4S/c1-11(2)15-6-8-16(9-7-15)19-23-17(28-24-19)10-27-21(26)18-12(3)13(4)29-20(18)22-14(5)25/h6-9,11H,10H2,1-5H3,(H,22,25). The molecule has 3 rings (SSSR count). The molecule has 0 unspecified atom stereocenters. The van der Waals surface area contributed by atoms with Crippen molar-refractivity contribution >= 4 is 28.2 Å². The van der Waals surface area contributed by atoms with Crippen molar-refractivity contribution in [2.75, 3.05) is 5.32 Å². The highest BCUT2D eigenvalue weighted by molar-refractivity contribution is 7.16. The molecule has 0 atom stereocenters. The number of aromatic nitrogens is 2. The molecule has 0 fully saturated rings. The molecule has 1 amide bonds. The first-order chi connectivity index (χ1) is 13.8. The molecule has 1 aromatic carbocycles. The molecule has 0 bridgehead atoms. The molecule has 0 spiro atoms. The number of amides is 1. The number of hydrogen-bond acceptors (Lipinski definition) is 7. The molecular weight excluding hydrogens is 390 g/mol. The number of rotatable bonds is 6. The number of ether oxygens (including phenoxy) is 1. The molecule has 152 valence electrons. The third kappa shape index (κ3) is 4.71. The Morgan fingerprint density at radius 3 is 2.52 bits per heavy atom. The van der Waals surface area contributed by atoms with Crippen LogP contribution in [0.5, 0.6) is 0 Å². The van der Waals surface area contributed by atoms with Gasteiger partial charge in [0.2, 0.25) is 11.7 Å². The summed E-state index contributed by atoms with van der Waals surface area (Å²) in [7, 11) is 0. The Hall–Kier alpha value is -3.00. The van der Waals surface area contributed by atoms with Crippen molar-refractivity contribution in [2.45, 2.75) is 47.1 Å². The number of esters is 1. The molecule has 0 aliphatic rings. The quantitative estimate of drug-likeness (QED) is 0.580. The molecule has 2 heterocycles. The summed E-state index contributed by atoms with van der Waals surface area (Å²) >= 11 is 1.34. The molecule has 0 aliphatic carbocycles. The van der Waals surface area contributed by atoms with Gasteiger partial charge in [0.1, 0.15) is 5.00 Å². The van der Waals surface area contributed by atoms with Crippen molar-refractivity contribution < 1.29 is 18.8 Å². The zero-order valence-corrected chi connectivity index (χ0v) is 17.8. The molecule has 7 nitrogen and oxygen atoms in total. The smallest absolute Gasteiger partial charge is 0.341 e. The van der Waals surface area contributed by atoms with E-state index in [9.17, 15) is 9.59 Å².